The first kappa shape index (κ1) is 13.8. The van der Waals surface area contributed by atoms with Gasteiger partial charge in [0.1, 0.15) is 0 Å². The van der Waals surface area contributed by atoms with Crippen LogP contribution < -0.4 is 4.83 Å². The van der Waals surface area contributed by atoms with E-state index in [1.165, 1.54) is 30.3 Å². The second-order valence-electron chi connectivity index (χ2n) is 4.45. The number of nitrogens with one attached hydrogen (secondary N) is 1. The molecule has 7 heteroatoms. The number of hydrogen-bond donors (Lipinski definition) is 2. The summed E-state index contributed by atoms with van der Waals surface area (Å²) in [4.78, 5) is 2.40. The maximum Gasteiger partial charge on any atom is 0.275 e. The summed E-state index contributed by atoms with van der Waals surface area (Å²) < 4.78 is 25.8. The summed E-state index contributed by atoms with van der Waals surface area (Å²) in [7, 11) is -3.82. The average Bonchev–Trinajstić information content (AvgIpc) is 2.75. The highest BCUT2D eigenvalue weighted by Crippen LogP contribution is 2.24. The number of fused-ring (bicyclic) bond motifs is 1. The summed E-state index contributed by atoms with van der Waals surface area (Å²) in [6, 6.07) is 14.3. The maximum absolute atomic E-state index is 12.3. The van der Waals surface area contributed by atoms with Gasteiger partial charge in [0, 0.05) is 16.5 Å². The van der Waals surface area contributed by atoms with Crippen LogP contribution in [0.3, 0.4) is 0 Å². The number of benzene rings is 2. The Morgan fingerprint density at radius 1 is 1.05 bits per heavy atom. The SMILES string of the molecule is O=S(=O)(Nn1c(O)cc2ccccc21)c1ccc(Cl)cc1. The third-order valence-corrected chi connectivity index (χ3v) is 4.59. The van der Waals surface area contributed by atoms with Crippen molar-refractivity contribution in [3.8, 4) is 5.88 Å². The molecule has 3 rings (SSSR count). The molecule has 108 valence electrons. The minimum atomic E-state index is -3.82. The van der Waals surface area contributed by atoms with E-state index in [0.717, 1.165) is 10.1 Å². The Bertz CT molecular complexity index is 902. The lowest BCUT2D eigenvalue weighted by Crippen LogP contribution is -2.22. The van der Waals surface area contributed by atoms with E-state index in [4.69, 9.17) is 11.6 Å². The topological polar surface area (TPSA) is 71.3 Å². The van der Waals surface area contributed by atoms with Gasteiger partial charge in [-0.3, -0.25) is 0 Å². The highest BCUT2D eigenvalue weighted by molar-refractivity contribution is 7.92. The van der Waals surface area contributed by atoms with Gasteiger partial charge < -0.3 is 5.11 Å². The third kappa shape index (κ3) is 2.55. The fourth-order valence-electron chi connectivity index (χ4n) is 2.02. The normalized spacial score (nSPS) is 11.7. The first-order valence-electron chi connectivity index (χ1n) is 6.05. The van der Waals surface area contributed by atoms with E-state index in [1.807, 2.05) is 0 Å². The Kier molecular flexibility index (Phi) is 3.27. The highest BCUT2D eigenvalue weighted by Gasteiger charge is 2.17. The van der Waals surface area contributed by atoms with Crippen molar-refractivity contribution in [2.75, 3.05) is 4.83 Å². The lowest BCUT2D eigenvalue weighted by atomic mass is 10.3. The van der Waals surface area contributed by atoms with E-state index in [1.54, 1.807) is 24.3 Å². The van der Waals surface area contributed by atoms with Crippen molar-refractivity contribution < 1.29 is 13.5 Å². The standard InChI is InChI=1S/C14H11ClN2O3S/c15-11-5-7-12(8-6-11)21(19,20)16-17-13-4-2-1-3-10(13)9-14(17)18/h1-9,16,18H. The first-order chi connectivity index (χ1) is 9.97. The molecule has 0 aliphatic heterocycles. The number of hydrogen-bond acceptors (Lipinski definition) is 3. The zero-order valence-electron chi connectivity index (χ0n) is 10.7. The van der Waals surface area contributed by atoms with Crippen molar-refractivity contribution in [3.63, 3.8) is 0 Å². The molecule has 2 N–H and O–H groups in total. The molecule has 0 unspecified atom stereocenters. The second-order valence-corrected chi connectivity index (χ2v) is 6.54. The van der Waals surface area contributed by atoms with Gasteiger partial charge in [0.15, 0.2) is 0 Å². The molecule has 1 aromatic heterocycles. The number of nitrogens with zero attached hydrogens (tertiary/aromatic N) is 1. The van der Waals surface area contributed by atoms with Crippen LogP contribution in [0.25, 0.3) is 10.9 Å². The zero-order chi connectivity index (χ0) is 15.0. The number of halogens is 1. The van der Waals surface area contributed by atoms with E-state index in [2.05, 4.69) is 4.83 Å². The smallest absolute Gasteiger partial charge is 0.275 e. The van der Waals surface area contributed by atoms with Gasteiger partial charge in [-0.15, -0.1) is 0 Å². The van der Waals surface area contributed by atoms with Crippen molar-refractivity contribution in [3.05, 3.63) is 59.6 Å². The fraction of sp³-hybridized carbons (Fsp3) is 0. The number of para-hydroxylation sites is 1. The van der Waals surface area contributed by atoms with Gasteiger partial charge in [0.2, 0.25) is 5.88 Å². The fourth-order valence-corrected chi connectivity index (χ4v) is 3.18. The summed E-state index contributed by atoms with van der Waals surface area (Å²) in [5.41, 5.74) is 0.563. The van der Waals surface area contributed by atoms with Crippen LogP contribution in [0.2, 0.25) is 5.02 Å². The van der Waals surface area contributed by atoms with Crippen LogP contribution in [0, 0.1) is 0 Å². The van der Waals surface area contributed by atoms with Crippen LogP contribution in [0.5, 0.6) is 5.88 Å². The summed E-state index contributed by atoms with van der Waals surface area (Å²) >= 11 is 5.75. The number of sulfonamides is 1. The largest absolute Gasteiger partial charge is 0.493 e. The van der Waals surface area contributed by atoms with Crippen LogP contribution in [0.4, 0.5) is 0 Å². The Labute approximate surface area is 126 Å². The van der Waals surface area contributed by atoms with Gasteiger partial charge >= 0.3 is 0 Å². The molecular formula is C14H11ClN2O3S. The van der Waals surface area contributed by atoms with Crippen LogP contribution in [-0.4, -0.2) is 18.2 Å². The summed E-state index contributed by atoms with van der Waals surface area (Å²) in [5, 5.41) is 11.1. The lowest BCUT2D eigenvalue weighted by molar-refractivity contribution is 0.439. The monoisotopic (exact) mass is 322 g/mol. The van der Waals surface area contributed by atoms with Gasteiger partial charge in [-0.25, -0.2) is 9.51 Å². The Balaban J connectivity index is 2.05. The molecule has 0 atom stereocenters. The molecule has 0 fully saturated rings. The molecule has 0 saturated heterocycles. The molecule has 0 aliphatic carbocycles. The van der Waals surface area contributed by atoms with Crippen molar-refractivity contribution in [2.24, 2.45) is 0 Å². The maximum atomic E-state index is 12.3. The Hall–Kier alpha value is -2.18. The van der Waals surface area contributed by atoms with Crippen LogP contribution in [0.1, 0.15) is 0 Å². The van der Waals surface area contributed by atoms with E-state index in [0.29, 0.717) is 10.5 Å². The molecule has 0 radical (unpaired) electrons. The van der Waals surface area contributed by atoms with Crippen molar-refractivity contribution in [1.29, 1.82) is 0 Å². The predicted molar refractivity (Wildman–Crippen MR) is 81.6 cm³/mol. The second kappa shape index (κ2) is 4.98. The minimum absolute atomic E-state index is 0.0593. The summed E-state index contributed by atoms with van der Waals surface area (Å²) in [6.07, 6.45) is 0. The van der Waals surface area contributed by atoms with E-state index in [-0.39, 0.29) is 10.8 Å². The van der Waals surface area contributed by atoms with Crippen molar-refractivity contribution in [2.45, 2.75) is 4.90 Å². The van der Waals surface area contributed by atoms with Crippen LogP contribution in [-0.2, 0) is 10.0 Å². The molecule has 0 amide bonds. The summed E-state index contributed by atoms with van der Waals surface area (Å²) in [6.45, 7) is 0. The van der Waals surface area contributed by atoms with Gasteiger partial charge in [0.25, 0.3) is 10.0 Å². The van der Waals surface area contributed by atoms with Crippen molar-refractivity contribution in [1.82, 2.24) is 4.68 Å². The highest BCUT2D eigenvalue weighted by atomic mass is 35.5. The van der Waals surface area contributed by atoms with Crippen molar-refractivity contribution >= 4 is 32.5 Å². The summed E-state index contributed by atoms with van der Waals surface area (Å²) in [5.74, 6) is -0.186. The molecule has 0 saturated carbocycles. The Morgan fingerprint density at radius 2 is 1.71 bits per heavy atom. The minimum Gasteiger partial charge on any atom is -0.493 e. The molecule has 21 heavy (non-hydrogen) atoms. The molecule has 0 bridgehead atoms. The van der Waals surface area contributed by atoms with Gasteiger partial charge in [-0.1, -0.05) is 29.8 Å². The number of rotatable bonds is 3. The molecule has 1 heterocycles. The van der Waals surface area contributed by atoms with E-state index >= 15 is 0 Å². The first-order valence-corrected chi connectivity index (χ1v) is 7.91. The molecule has 2 aromatic carbocycles. The molecule has 3 aromatic rings. The zero-order valence-corrected chi connectivity index (χ0v) is 12.3. The van der Waals surface area contributed by atoms with Gasteiger partial charge in [-0.05, 0) is 30.3 Å². The van der Waals surface area contributed by atoms with E-state index in [9.17, 15) is 13.5 Å². The lowest BCUT2D eigenvalue weighted by Gasteiger charge is -2.11. The number of aromatic hydroxyl groups is 1. The van der Waals surface area contributed by atoms with Crippen LogP contribution in [0.15, 0.2) is 59.5 Å². The quantitative estimate of drug-likeness (QED) is 0.778. The molecule has 0 aliphatic rings. The average molecular weight is 323 g/mol. The third-order valence-electron chi connectivity index (χ3n) is 3.03. The van der Waals surface area contributed by atoms with E-state index < -0.39 is 10.0 Å². The molecular weight excluding hydrogens is 312 g/mol. The number of aromatic nitrogens is 1. The molecule has 5 nitrogen and oxygen atoms in total. The van der Waals surface area contributed by atoms with Crippen LogP contribution >= 0.6 is 11.6 Å². The predicted octanol–water partition coefficient (Wildman–Crippen LogP) is 2.93. The van der Waals surface area contributed by atoms with Gasteiger partial charge in [0.05, 0.1) is 10.4 Å². The van der Waals surface area contributed by atoms with Gasteiger partial charge in [-0.2, -0.15) is 8.42 Å². The Morgan fingerprint density at radius 3 is 2.43 bits per heavy atom. The molecule has 0 spiro atoms.